The highest BCUT2D eigenvalue weighted by atomic mass is 32.2. The van der Waals surface area contributed by atoms with E-state index in [0.29, 0.717) is 22.5 Å². The summed E-state index contributed by atoms with van der Waals surface area (Å²) in [6.45, 7) is -2.29. The summed E-state index contributed by atoms with van der Waals surface area (Å²) in [4.78, 5) is 25.1. The molecule has 17 heteroatoms. The lowest BCUT2D eigenvalue weighted by atomic mass is 9.99. The van der Waals surface area contributed by atoms with E-state index in [1.807, 2.05) is 0 Å². The average Bonchev–Trinajstić information content (AvgIpc) is 3.07. The second-order valence-electron chi connectivity index (χ2n) is 11.7. The van der Waals surface area contributed by atoms with Crippen molar-refractivity contribution in [1.82, 2.24) is 0 Å². The Morgan fingerprint density at radius 1 is 0.612 bits per heavy atom. The molecule has 0 saturated carbocycles. The van der Waals surface area contributed by atoms with Crippen LogP contribution in [0.4, 0.5) is 0 Å². The molecule has 6 rings (SSSR count). The van der Waals surface area contributed by atoms with E-state index < -0.39 is 97.4 Å². The van der Waals surface area contributed by atoms with Crippen molar-refractivity contribution in [2.24, 2.45) is 0 Å². The topological polar surface area (TPSA) is 259 Å². The quantitative estimate of drug-likeness (QED) is 0.0957. The molecule has 0 radical (unpaired) electrons. The van der Waals surface area contributed by atoms with Crippen molar-refractivity contribution in [2.75, 3.05) is 13.2 Å². The van der Waals surface area contributed by atoms with Gasteiger partial charge in [-0.05, 0) is 48.5 Å². The molecule has 0 spiro atoms. The third kappa shape index (κ3) is 7.33. The lowest BCUT2D eigenvalue weighted by Gasteiger charge is -2.46. The molecule has 4 aromatic rings. The third-order valence-electron chi connectivity index (χ3n) is 8.35. The largest absolute Gasteiger partial charge is 0.508 e. The Balaban J connectivity index is 1.17. The number of phenols is 2. The molecule has 16 nitrogen and oxygen atoms in total. The van der Waals surface area contributed by atoms with Crippen LogP contribution in [0.5, 0.6) is 11.5 Å². The highest BCUT2D eigenvalue weighted by molar-refractivity contribution is 8.00. The molecule has 8 N–H and O–H groups in total. The van der Waals surface area contributed by atoms with E-state index in [9.17, 15) is 50.4 Å². The predicted molar refractivity (Wildman–Crippen MR) is 169 cm³/mol. The Bertz CT molecular complexity index is 1760. The molecule has 0 bridgehead atoms. The van der Waals surface area contributed by atoms with Gasteiger partial charge in [0.15, 0.2) is 0 Å². The van der Waals surface area contributed by atoms with Crippen LogP contribution in [0.2, 0.25) is 0 Å². The summed E-state index contributed by atoms with van der Waals surface area (Å²) < 4.78 is 33.5. The molecule has 2 aliphatic rings. The van der Waals surface area contributed by atoms with Crippen LogP contribution >= 0.6 is 11.8 Å². The number of hydrogen-bond donors (Lipinski definition) is 8. The summed E-state index contributed by atoms with van der Waals surface area (Å²) >= 11 is 0.699. The molecule has 2 aromatic heterocycles. The van der Waals surface area contributed by atoms with E-state index >= 15 is 0 Å². The van der Waals surface area contributed by atoms with Crippen LogP contribution in [0.3, 0.4) is 0 Å². The average molecular weight is 707 g/mol. The van der Waals surface area contributed by atoms with Gasteiger partial charge in [-0.3, -0.25) is 0 Å². The van der Waals surface area contributed by atoms with E-state index in [0.717, 1.165) is 0 Å². The van der Waals surface area contributed by atoms with Gasteiger partial charge < -0.3 is 68.6 Å². The first-order chi connectivity index (χ1) is 23.5. The van der Waals surface area contributed by atoms with Crippen LogP contribution in [0, 0.1) is 0 Å². The molecule has 49 heavy (non-hydrogen) atoms. The molecule has 10 atom stereocenters. The Labute approximate surface area is 280 Å². The summed E-state index contributed by atoms with van der Waals surface area (Å²) in [7, 11) is 0. The zero-order chi connectivity index (χ0) is 35.0. The first kappa shape index (κ1) is 35.2. The summed E-state index contributed by atoms with van der Waals surface area (Å²) in [6.07, 6.45) is -11.8. The minimum absolute atomic E-state index is 0.0109. The summed E-state index contributed by atoms with van der Waals surface area (Å²) in [5, 5.41) is 84.4. The number of benzene rings is 2. The van der Waals surface area contributed by atoms with Gasteiger partial charge in [0.25, 0.3) is 0 Å². The number of aromatic hydroxyl groups is 2. The van der Waals surface area contributed by atoms with Crippen molar-refractivity contribution in [3.05, 3.63) is 80.5 Å². The zero-order valence-corrected chi connectivity index (χ0v) is 26.3. The second kappa shape index (κ2) is 14.7. The summed E-state index contributed by atoms with van der Waals surface area (Å²) in [5.41, 5.74) is -3.70. The third-order valence-corrected chi connectivity index (χ3v) is 9.67. The van der Waals surface area contributed by atoms with E-state index in [2.05, 4.69) is 0 Å². The number of ether oxygens (including phenoxy) is 4. The lowest BCUT2D eigenvalue weighted by molar-refractivity contribution is -0.231. The Kier molecular flexibility index (Phi) is 10.6. The van der Waals surface area contributed by atoms with Crippen LogP contribution in [0.15, 0.2) is 67.0 Å². The molecule has 264 valence electrons. The molecule has 4 heterocycles. The summed E-state index contributed by atoms with van der Waals surface area (Å²) in [6, 6.07) is 11.1. The van der Waals surface area contributed by atoms with Crippen molar-refractivity contribution in [1.29, 1.82) is 0 Å². The van der Waals surface area contributed by atoms with E-state index in [4.69, 9.17) is 27.8 Å². The fourth-order valence-electron chi connectivity index (χ4n) is 5.74. The monoisotopic (exact) mass is 706 g/mol. The number of phenolic OH excluding ortho intramolecular Hbond substituents is 2. The molecule has 0 aliphatic carbocycles. The van der Waals surface area contributed by atoms with Crippen molar-refractivity contribution >= 4 is 33.7 Å². The number of hydrogen-bond acceptors (Lipinski definition) is 17. The maximum absolute atomic E-state index is 12.6. The van der Waals surface area contributed by atoms with Gasteiger partial charge >= 0.3 is 11.3 Å². The Hall–Kier alpha value is -3.59. The first-order valence-electron chi connectivity index (χ1n) is 15.1. The van der Waals surface area contributed by atoms with Gasteiger partial charge in [0, 0.05) is 10.8 Å². The van der Waals surface area contributed by atoms with Crippen LogP contribution in [-0.4, -0.2) is 114 Å². The van der Waals surface area contributed by atoms with Gasteiger partial charge in [-0.15, -0.1) is 0 Å². The number of fused-ring (bicyclic) bond motifs is 2. The lowest BCUT2D eigenvalue weighted by Crippen LogP contribution is -2.61. The standard InChI is InChI=1S/C32H34O16S/c33-9-21-23(37)27(43-11-15-5-13-7-17(35)1-3-19(13)45-29(15)41)25(39)31(47-21)49-32-26(40)28(24(38)22(10-34)48-32)44-12-16-6-14-8-18(36)2-4-20(14)46-30(16)42/h1-8,21-28,31-40H,9-12H2/t21?,22?,23-,24-,25+,26?,27?,28-,31-,32-/m0/s1. The second-order valence-corrected chi connectivity index (χ2v) is 12.9. The number of aliphatic hydroxyl groups is 6. The van der Waals surface area contributed by atoms with Gasteiger partial charge in [0.1, 0.15) is 82.4 Å². The Morgan fingerprint density at radius 3 is 1.41 bits per heavy atom. The Morgan fingerprint density at radius 2 is 1.02 bits per heavy atom. The molecule has 2 aromatic carbocycles. The van der Waals surface area contributed by atoms with E-state index in [1.54, 1.807) is 0 Å². The molecular weight excluding hydrogens is 672 g/mol. The van der Waals surface area contributed by atoms with Gasteiger partial charge in [-0.1, -0.05) is 11.8 Å². The minimum Gasteiger partial charge on any atom is -0.508 e. The van der Waals surface area contributed by atoms with Gasteiger partial charge in [0.05, 0.1) is 37.6 Å². The molecule has 2 aliphatic heterocycles. The summed E-state index contributed by atoms with van der Waals surface area (Å²) in [5.74, 6) is -0.129. The van der Waals surface area contributed by atoms with Crippen LogP contribution in [0.25, 0.3) is 21.9 Å². The number of thioether (sulfide) groups is 1. The van der Waals surface area contributed by atoms with E-state index in [1.165, 1.54) is 48.5 Å². The fourth-order valence-corrected chi connectivity index (χ4v) is 7.05. The molecule has 0 amide bonds. The van der Waals surface area contributed by atoms with Gasteiger partial charge in [-0.25, -0.2) is 9.59 Å². The minimum atomic E-state index is -1.63. The fraction of sp³-hybridized carbons (Fsp3) is 0.438. The molecule has 2 fully saturated rings. The maximum Gasteiger partial charge on any atom is 0.341 e. The number of aliphatic hydroxyl groups excluding tert-OH is 6. The van der Waals surface area contributed by atoms with Crippen LogP contribution in [0.1, 0.15) is 11.1 Å². The van der Waals surface area contributed by atoms with Gasteiger partial charge in [0.2, 0.25) is 0 Å². The van der Waals surface area contributed by atoms with Crippen molar-refractivity contribution in [3.8, 4) is 11.5 Å². The number of rotatable bonds is 10. The van der Waals surface area contributed by atoms with Crippen molar-refractivity contribution in [3.63, 3.8) is 0 Å². The maximum atomic E-state index is 12.6. The molecule has 4 unspecified atom stereocenters. The highest BCUT2D eigenvalue weighted by Crippen LogP contribution is 2.38. The molecular formula is C32H34O16S. The highest BCUT2D eigenvalue weighted by Gasteiger charge is 2.51. The zero-order valence-electron chi connectivity index (χ0n) is 25.5. The molecule has 2 saturated heterocycles. The van der Waals surface area contributed by atoms with Crippen molar-refractivity contribution in [2.45, 2.75) is 72.9 Å². The van der Waals surface area contributed by atoms with Crippen LogP contribution in [-0.2, 0) is 32.2 Å². The van der Waals surface area contributed by atoms with E-state index in [-0.39, 0.29) is 33.8 Å². The predicted octanol–water partition coefficient (Wildman–Crippen LogP) is -0.608. The van der Waals surface area contributed by atoms with Gasteiger partial charge in [-0.2, -0.15) is 0 Å². The first-order valence-corrected chi connectivity index (χ1v) is 16.1. The normalized spacial score (nSPS) is 30.6. The van der Waals surface area contributed by atoms with Crippen LogP contribution < -0.4 is 11.3 Å². The SMILES string of the molecule is O=c1oc2ccc(O)cc2cc1COC1[C@@H](O)C(CO)O[C@@H](S[C@@H]2OC(CO)[C@H](O)[C@H](OCc3cc4cc(O)ccc4oc3=O)C2O)[C@@H]1O. The van der Waals surface area contributed by atoms with Crippen molar-refractivity contribution < 1.29 is 68.6 Å². The smallest absolute Gasteiger partial charge is 0.341 e.